The minimum atomic E-state index is -0.125. The van der Waals surface area contributed by atoms with Gasteiger partial charge in [-0.1, -0.05) is 40.5 Å². The molecule has 1 heterocycles. The van der Waals surface area contributed by atoms with Gasteiger partial charge in [0.25, 0.3) is 0 Å². The second kappa shape index (κ2) is 38.7. The van der Waals surface area contributed by atoms with Gasteiger partial charge >= 0.3 is 42.6 Å². The number of hydrogen-bond acceptors (Lipinski definition) is 4. The molecule has 1 saturated heterocycles. The third-order valence-corrected chi connectivity index (χ3v) is 4.15. The molecule has 2 unspecified atom stereocenters. The van der Waals surface area contributed by atoms with Gasteiger partial charge in [-0.05, 0) is 38.5 Å². The van der Waals surface area contributed by atoms with Crippen molar-refractivity contribution in [2.45, 2.75) is 116 Å². The Labute approximate surface area is 193 Å². The van der Waals surface area contributed by atoms with E-state index in [-0.39, 0.29) is 13.2 Å². The van der Waals surface area contributed by atoms with Crippen LogP contribution in [0.5, 0.6) is 0 Å². The van der Waals surface area contributed by atoms with Crippen molar-refractivity contribution in [1.29, 1.82) is 0 Å². The van der Waals surface area contributed by atoms with Crippen LogP contribution in [0.3, 0.4) is 0 Å². The van der Waals surface area contributed by atoms with Gasteiger partial charge in [0.1, 0.15) is 0 Å². The van der Waals surface area contributed by atoms with Crippen LogP contribution in [0, 0.1) is 0 Å². The number of hydrogen-bond donors (Lipinski definition) is 2. The molecule has 0 amide bonds. The van der Waals surface area contributed by atoms with E-state index in [0.29, 0.717) is 12.2 Å². The quantitative estimate of drug-likeness (QED) is 0.318. The second-order valence-corrected chi connectivity index (χ2v) is 6.89. The van der Waals surface area contributed by atoms with Gasteiger partial charge < -0.3 is 19.7 Å². The summed E-state index contributed by atoms with van der Waals surface area (Å²) >= 11 is 2.21. The Morgan fingerprint density at radius 1 is 0.828 bits per heavy atom. The molecule has 1 aliphatic heterocycles. The van der Waals surface area contributed by atoms with Crippen molar-refractivity contribution in [2.75, 3.05) is 26.4 Å². The van der Waals surface area contributed by atoms with Crippen LogP contribution in [-0.4, -0.2) is 66.6 Å². The predicted octanol–water partition coefficient (Wildman–Crippen LogP) is 6.10. The molecule has 1 aliphatic rings. The molecule has 174 valence electrons. The third kappa shape index (κ3) is 39.3. The van der Waals surface area contributed by atoms with Crippen molar-refractivity contribution in [2.24, 2.45) is 0 Å². The summed E-state index contributed by atoms with van der Waals surface area (Å²) in [7, 11) is 0. The molecule has 0 aromatic rings. The Hall–Kier alpha value is 0.177. The van der Waals surface area contributed by atoms with E-state index < -0.39 is 0 Å². The molecule has 1 rings (SSSR count). The Balaban J connectivity index is -0.000000160. The molecule has 0 bridgehead atoms. The van der Waals surface area contributed by atoms with Crippen molar-refractivity contribution in [3.8, 4) is 0 Å². The van der Waals surface area contributed by atoms with E-state index >= 15 is 0 Å². The van der Waals surface area contributed by atoms with Crippen molar-refractivity contribution in [3.05, 3.63) is 13.2 Å². The fourth-order valence-corrected chi connectivity index (χ4v) is 2.52. The molecular formula is C24H53LiO4. The van der Waals surface area contributed by atoms with Gasteiger partial charge in [0, 0.05) is 13.2 Å². The molecule has 2 atom stereocenters. The van der Waals surface area contributed by atoms with Gasteiger partial charge in [-0.15, -0.1) is 13.2 Å². The van der Waals surface area contributed by atoms with Crippen LogP contribution in [0.25, 0.3) is 0 Å². The number of aliphatic hydroxyl groups is 2. The first-order chi connectivity index (χ1) is 14.1. The van der Waals surface area contributed by atoms with Crippen LogP contribution in [0.2, 0.25) is 5.09 Å². The summed E-state index contributed by atoms with van der Waals surface area (Å²) in [5.41, 5.74) is 0. The van der Waals surface area contributed by atoms with E-state index in [2.05, 4.69) is 65.5 Å². The van der Waals surface area contributed by atoms with Gasteiger partial charge in [-0.2, -0.15) is 0 Å². The normalized spacial score (nSPS) is 13.8. The second-order valence-electron chi connectivity index (χ2n) is 6.89. The van der Waals surface area contributed by atoms with Crippen LogP contribution < -0.4 is 0 Å². The summed E-state index contributed by atoms with van der Waals surface area (Å²) in [4.78, 5) is 0. The molecule has 1 fully saturated rings. The Kier molecular flexibility index (Phi) is 48.8. The molecule has 5 heteroatoms. The Morgan fingerprint density at radius 2 is 1.24 bits per heavy atom. The van der Waals surface area contributed by atoms with Crippen molar-refractivity contribution < 1.29 is 19.7 Å². The van der Waals surface area contributed by atoms with E-state index in [9.17, 15) is 0 Å². The average Bonchev–Trinajstić information content (AvgIpc) is 3.36. The number of ether oxygens (including phenoxy) is 2. The summed E-state index contributed by atoms with van der Waals surface area (Å²) in [6, 6.07) is 0. The van der Waals surface area contributed by atoms with Gasteiger partial charge in [-0.3, -0.25) is 0 Å². The monoisotopic (exact) mass is 412 g/mol. The predicted molar refractivity (Wildman–Crippen MR) is 130 cm³/mol. The van der Waals surface area contributed by atoms with Gasteiger partial charge in [-0.25, -0.2) is 0 Å². The standard InChI is InChI=1S/C12H26O.C4H8O.C4H9.C2H6O2.C2H4.Li/c1-5-9-11(7-3)13-12(8-4)10-6-2;1-2-4-5-3-1;1-3-4-2;3-1-2-4;1-2;/h11-12H,5-10H2,1-4H3;1-4H2;1,3-4H2,2H3;3-4H,1-2H2;1-2H2;. The summed E-state index contributed by atoms with van der Waals surface area (Å²) in [6.07, 6.45) is 13.5. The molecule has 2 N–H and O–H groups in total. The van der Waals surface area contributed by atoms with Crippen molar-refractivity contribution >= 4 is 17.7 Å². The van der Waals surface area contributed by atoms with Crippen molar-refractivity contribution in [3.63, 3.8) is 0 Å². The fourth-order valence-electron chi connectivity index (χ4n) is 2.52. The zero-order valence-electron chi connectivity index (χ0n) is 20.9. The number of unbranched alkanes of at least 4 members (excludes halogenated alkanes) is 1. The summed E-state index contributed by atoms with van der Waals surface area (Å²) < 4.78 is 11.0. The van der Waals surface area contributed by atoms with Crippen LogP contribution in [0.15, 0.2) is 13.2 Å². The summed E-state index contributed by atoms with van der Waals surface area (Å²) in [5.74, 6) is 0. The molecule has 0 spiro atoms. The van der Waals surface area contributed by atoms with Crippen LogP contribution >= 0.6 is 0 Å². The number of aliphatic hydroxyl groups excluding tert-OH is 2. The molecule has 4 nitrogen and oxygen atoms in total. The van der Waals surface area contributed by atoms with Crippen LogP contribution in [0.1, 0.15) is 98.8 Å². The first-order valence-corrected chi connectivity index (χ1v) is 12.1. The maximum absolute atomic E-state index is 7.62. The zero-order chi connectivity index (χ0) is 23.2. The Morgan fingerprint density at radius 3 is 1.38 bits per heavy atom. The topological polar surface area (TPSA) is 58.9 Å². The van der Waals surface area contributed by atoms with Gasteiger partial charge in [0.2, 0.25) is 0 Å². The fraction of sp³-hybridized carbons (Fsp3) is 0.917. The Bertz CT molecular complexity index is 215. The molecule has 0 radical (unpaired) electrons. The van der Waals surface area contributed by atoms with Crippen LogP contribution in [-0.2, 0) is 9.47 Å². The average molecular weight is 413 g/mol. The molecule has 0 aromatic heterocycles. The molecular weight excluding hydrogens is 359 g/mol. The van der Waals surface area contributed by atoms with E-state index in [1.807, 2.05) is 0 Å². The van der Waals surface area contributed by atoms with Crippen LogP contribution in [0.4, 0.5) is 0 Å². The maximum atomic E-state index is 7.62. The van der Waals surface area contributed by atoms with E-state index in [1.165, 1.54) is 56.5 Å². The summed E-state index contributed by atoms with van der Waals surface area (Å²) in [5, 5.41) is 16.6. The molecule has 0 aromatic carbocycles. The van der Waals surface area contributed by atoms with E-state index in [1.54, 1.807) is 0 Å². The van der Waals surface area contributed by atoms with Gasteiger partial charge in [0.15, 0.2) is 0 Å². The molecule has 29 heavy (non-hydrogen) atoms. The van der Waals surface area contributed by atoms with E-state index in [4.69, 9.17) is 19.7 Å². The first-order valence-electron chi connectivity index (χ1n) is 12.1. The summed E-state index contributed by atoms with van der Waals surface area (Å²) in [6.45, 7) is 18.9. The molecule has 0 aliphatic carbocycles. The third-order valence-electron chi connectivity index (χ3n) is 4.15. The zero-order valence-corrected chi connectivity index (χ0v) is 20.9. The van der Waals surface area contributed by atoms with Gasteiger partial charge in [0.05, 0.1) is 25.4 Å². The first kappa shape index (κ1) is 36.5. The molecule has 0 saturated carbocycles. The van der Waals surface area contributed by atoms with E-state index in [0.717, 1.165) is 26.1 Å². The van der Waals surface area contributed by atoms with Crippen molar-refractivity contribution in [1.82, 2.24) is 0 Å². The minimum absolute atomic E-state index is 0.125. The number of rotatable bonds is 11. The SMILES string of the molecule is C1CCOC1.C=C.CCCC(CC)OC(CC)CCC.OCCO.[Li][CH2]CCC.